The van der Waals surface area contributed by atoms with Crippen LogP contribution in [-0.2, 0) is 9.53 Å². The molecule has 1 aromatic rings. The molecule has 1 atom stereocenters. The minimum Gasteiger partial charge on any atom is -0.374 e. The molecule has 1 fully saturated rings. The van der Waals surface area contributed by atoms with Crippen LogP contribution >= 0.6 is 0 Å². The van der Waals surface area contributed by atoms with Gasteiger partial charge in [0.05, 0.1) is 12.7 Å². The molecule has 1 saturated heterocycles. The number of benzene rings is 1. The largest absolute Gasteiger partial charge is 0.374 e. The summed E-state index contributed by atoms with van der Waals surface area (Å²) in [5.74, 6) is 0.561. The van der Waals surface area contributed by atoms with Crippen LogP contribution in [0.4, 0.5) is 0 Å². The summed E-state index contributed by atoms with van der Waals surface area (Å²) in [4.78, 5) is 26.8. The molecule has 144 valence electrons. The van der Waals surface area contributed by atoms with Gasteiger partial charge in [-0.25, -0.2) is 0 Å². The Bertz CT molecular complexity index is 628. The summed E-state index contributed by atoms with van der Waals surface area (Å²) < 4.78 is 5.74. The Kier molecular flexibility index (Phi) is 7.79. The number of hydrogen-bond donors (Lipinski definition) is 1. The first kappa shape index (κ1) is 20.6. The van der Waals surface area contributed by atoms with Gasteiger partial charge in [-0.1, -0.05) is 31.5 Å². The summed E-state index contributed by atoms with van der Waals surface area (Å²) in [6.45, 7) is 12.4. The van der Waals surface area contributed by atoms with E-state index in [1.807, 2.05) is 32.0 Å². The average Bonchev–Trinajstić information content (AvgIpc) is 2.59. The van der Waals surface area contributed by atoms with Gasteiger partial charge in [-0.3, -0.25) is 14.5 Å². The fraction of sp³-hybridized carbons (Fsp3) is 0.619. The molecule has 1 N–H and O–H groups in total. The molecule has 2 rings (SSSR count). The van der Waals surface area contributed by atoms with Crippen LogP contribution in [0, 0.1) is 19.8 Å². The molecular formula is C21H32N2O3. The molecule has 26 heavy (non-hydrogen) atoms. The Morgan fingerprint density at radius 2 is 2.04 bits per heavy atom. The highest BCUT2D eigenvalue weighted by molar-refractivity contribution is 5.99. The predicted molar refractivity (Wildman–Crippen MR) is 104 cm³/mol. The summed E-state index contributed by atoms with van der Waals surface area (Å²) >= 11 is 0. The third-order valence-corrected chi connectivity index (χ3v) is 4.65. The highest BCUT2D eigenvalue weighted by Crippen LogP contribution is 2.14. The number of carbonyl (C=O) groups excluding carboxylic acids is 2. The molecule has 1 aliphatic rings. The van der Waals surface area contributed by atoms with E-state index in [-0.39, 0.29) is 30.6 Å². The van der Waals surface area contributed by atoms with Crippen LogP contribution in [-0.4, -0.2) is 55.5 Å². The second-order valence-corrected chi connectivity index (χ2v) is 7.69. The maximum absolute atomic E-state index is 12.4. The zero-order valence-electron chi connectivity index (χ0n) is 16.5. The second kappa shape index (κ2) is 9.83. The Hall–Kier alpha value is -1.72. The van der Waals surface area contributed by atoms with Crippen molar-refractivity contribution in [3.8, 4) is 0 Å². The monoisotopic (exact) mass is 360 g/mol. The number of Topliss-reactive ketones (excluding diaryl/α,β-unsaturated/α-hetero) is 1. The maximum Gasteiger partial charge on any atom is 0.220 e. The fourth-order valence-corrected chi connectivity index (χ4v) is 3.30. The van der Waals surface area contributed by atoms with E-state index in [0.717, 1.165) is 36.3 Å². The van der Waals surface area contributed by atoms with Crippen molar-refractivity contribution in [3.63, 3.8) is 0 Å². The number of hydrogen-bond acceptors (Lipinski definition) is 4. The normalized spacial score (nSPS) is 18.1. The first-order valence-corrected chi connectivity index (χ1v) is 9.56. The summed E-state index contributed by atoms with van der Waals surface area (Å²) in [5, 5.41) is 2.92. The number of nitrogens with one attached hydrogen (secondary N) is 1. The average molecular weight is 360 g/mol. The van der Waals surface area contributed by atoms with Gasteiger partial charge in [0.1, 0.15) is 0 Å². The molecule has 5 nitrogen and oxygen atoms in total. The SMILES string of the molecule is Cc1ccc(C)c(C(=O)CCC(=O)NCC2CN(CC(C)C)CCO2)c1. The molecule has 5 heteroatoms. The molecule has 0 aliphatic carbocycles. The molecule has 1 amide bonds. The minimum atomic E-state index is -0.0896. The lowest BCUT2D eigenvalue weighted by Crippen LogP contribution is -2.48. The van der Waals surface area contributed by atoms with E-state index in [1.54, 1.807) is 0 Å². The molecule has 1 aromatic carbocycles. The van der Waals surface area contributed by atoms with E-state index in [1.165, 1.54) is 0 Å². The van der Waals surface area contributed by atoms with E-state index in [9.17, 15) is 9.59 Å². The number of rotatable bonds is 8. The van der Waals surface area contributed by atoms with Crippen molar-refractivity contribution in [2.45, 2.75) is 46.6 Å². The molecule has 0 spiro atoms. The molecular weight excluding hydrogens is 328 g/mol. The predicted octanol–water partition coefficient (Wildman–Crippen LogP) is 2.74. The summed E-state index contributed by atoms with van der Waals surface area (Å²) in [6, 6.07) is 5.84. The first-order chi connectivity index (χ1) is 12.3. The zero-order chi connectivity index (χ0) is 19.1. The Morgan fingerprint density at radius 3 is 2.77 bits per heavy atom. The van der Waals surface area contributed by atoms with Crippen LogP contribution in [0.2, 0.25) is 0 Å². The van der Waals surface area contributed by atoms with Gasteiger partial charge < -0.3 is 10.1 Å². The van der Waals surface area contributed by atoms with E-state index in [2.05, 4.69) is 24.1 Å². The van der Waals surface area contributed by atoms with Crippen molar-refractivity contribution in [1.29, 1.82) is 0 Å². The van der Waals surface area contributed by atoms with E-state index in [4.69, 9.17) is 4.74 Å². The van der Waals surface area contributed by atoms with E-state index >= 15 is 0 Å². The van der Waals surface area contributed by atoms with Gasteiger partial charge in [-0.15, -0.1) is 0 Å². The highest BCUT2D eigenvalue weighted by atomic mass is 16.5. The van der Waals surface area contributed by atoms with Crippen LogP contribution in [0.15, 0.2) is 18.2 Å². The lowest BCUT2D eigenvalue weighted by molar-refractivity contribution is -0.122. The number of aryl methyl sites for hydroxylation is 2. The number of amides is 1. The van der Waals surface area contributed by atoms with Crippen molar-refractivity contribution >= 4 is 11.7 Å². The van der Waals surface area contributed by atoms with Crippen molar-refractivity contribution in [2.75, 3.05) is 32.8 Å². The quantitative estimate of drug-likeness (QED) is 0.724. The van der Waals surface area contributed by atoms with Crippen molar-refractivity contribution in [2.24, 2.45) is 5.92 Å². The Labute approximate surface area is 157 Å². The standard InChI is InChI=1S/C21H32N2O3/c1-15(2)13-23-9-10-26-18(14-23)12-22-21(25)8-7-20(24)19-11-16(3)5-6-17(19)4/h5-6,11,15,18H,7-10,12-14H2,1-4H3,(H,22,25). The summed E-state index contributed by atoms with van der Waals surface area (Å²) in [7, 11) is 0. The number of ketones is 1. The van der Waals surface area contributed by atoms with Gasteiger partial charge in [0, 0.05) is 44.6 Å². The number of morpholine rings is 1. The second-order valence-electron chi connectivity index (χ2n) is 7.69. The van der Waals surface area contributed by atoms with Gasteiger partial charge in [-0.2, -0.15) is 0 Å². The summed E-state index contributed by atoms with van der Waals surface area (Å²) in [5.41, 5.74) is 2.74. The molecule has 0 aromatic heterocycles. The first-order valence-electron chi connectivity index (χ1n) is 9.56. The molecule has 0 bridgehead atoms. The van der Waals surface area contributed by atoms with Crippen LogP contribution in [0.1, 0.15) is 48.2 Å². The third-order valence-electron chi connectivity index (χ3n) is 4.65. The lowest BCUT2D eigenvalue weighted by atomic mass is 9.99. The van der Waals surface area contributed by atoms with Gasteiger partial charge in [0.15, 0.2) is 5.78 Å². The molecule has 0 saturated carbocycles. The molecule has 1 aliphatic heterocycles. The Balaban J connectivity index is 1.73. The number of ether oxygens (including phenoxy) is 1. The van der Waals surface area contributed by atoms with Crippen LogP contribution in [0.25, 0.3) is 0 Å². The number of carbonyl (C=O) groups is 2. The minimum absolute atomic E-state index is 0.0263. The lowest BCUT2D eigenvalue weighted by Gasteiger charge is -2.33. The van der Waals surface area contributed by atoms with Crippen LogP contribution in [0.5, 0.6) is 0 Å². The smallest absolute Gasteiger partial charge is 0.220 e. The molecule has 1 unspecified atom stereocenters. The van der Waals surface area contributed by atoms with Crippen molar-refractivity contribution in [3.05, 3.63) is 34.9 Å². The molecule has 1 heterocycles. The van der Waals surface area contributed by atoms with Gasteiger partial charge in [-0.05, 0) is 31.4 Å². The van der Waals surface area contributed by atoms with Crippen molar-refractivity contribution < 1.29 is 14.3 Å². The Morgan fingerprint density at radius 1 is 1.27 bits per heavy atom. The van der Waals surface area contributed by atoms with Gasteiger partial charge in [0.25, 0.3) is 0 Å². The van der Waals surface area contributed by atoms with Gasteiger partial charge >= 0.3 is 0 Å². The topological polar surface area (TPSA) is 58.6 Å². The third kappa shape index (κ3) is 6.54. The highest BCUT2D eigenvalue weighted by Gasteiger charge is 2.21. The summed E-state index contributed by atoms with van der Waals surface area (Å²) in [6.07, 6.45) is 0.483. The van der Waals surface area contributed by atoms with E-state index in [0.29, 0.717) is 19.1 Å². The van der Waals surface area contributed by atoms with Crippen molar-refractivity contribution in [1.82, 2.24) is 10.2 Å². The maximum atomic E-state index is 12.4. The number of nitrogens with zero attached hydrogens (tertiary/aromatic N) is 1. The van der Waals surface area contributed by atoms with Crippen LogP contribution < -0.4 is 5.32 Å². The van der Waals surface area contributed by atoms with Gasteiger partial charge in [0.2, 0.25) is 5.91 Å². The fourth-order valence-electron chi connectivity index (χ4n) is 3.30. The zero-order valence-corrected chi connectivity index (χ0v) is 16.5. The molecule has 0 radical (unpaired) electrons. The van der Waals surface area contributed by atoms with Crippen LogP contribution in [0.3, 0.4) is 0 Å². The van der Waals surface area contributed by atoms with E-state index < -0.39 is 0 Å².